The Morgan fingerprint density at radius 1 is 0.741 bits per heavy atom. The Bertz CT molecular complexity index is 857. The van der Waals surface area contributed by atoms with Crippen LogP contribution in [0.25, 0.3) is 11.1 Å². The van der Waals surface area contributed by atoms with Crippen LogP contribution in [0.1, 0.15) is 16.8 Å². The third-order valence-corrected chi connectivity index (χ3v) is 4.07. The van der Waals surface area contributed by atoms with E-state index in [0.29, 0.717) is 30.9 Å². The van der Waals surface area contributed by atoms with Crippen LogP contribution in [0.5, 0.6) is 11.5 Å². The molecule has 0 spiro atoms. The zero-order valence-electron chi connectivity index (χ0n) is 15.3. The molecule has 0 unspecified atom stereocenters. The van der Waals surface area contributed by atoms with Crippen molar-refractivity contribution in [1.29, 1.82) is 0 Å². The van der Waals surface area contributed by atoms with Crippen LogP contribution in [0, 0.1) is 0 Å². The fourth-order valence-electron chi connectivity index (χ4n) is 2.68. The number of esters is 1. The highest BCUT2D eigenvalue weighted by Crippen LogP contribution is 2.22. The molecule has 0 aromatic heterocycles. The van der Waals surface area contributed by atoms with Crippen LogP contribution < -0.4 is 9.47 Å². The lowest BCUT2D eigenvalue weighted by Gasteiger charge is -2.11. The maximum atomic E-state index is 11.7. The van der Waals surface area contributed by atoms with Gasteiger partial charge in [-0.15, -0.1) is 0 Å². The largest absolute Gasteiger partial charge is 0.493 e. The molecule has 0 aliphatic carbocycles. The number of rotatable bonds is 8. The van der Waals surface area contributed by atoms with Gasteiger partial charge in [0, 0.05) is 6.42 Å². The van der Waals surface area contributed by atoms with Gasteiger partial charge in [-0.2, -0.15) is 0 Å². The number of carbonyl (C=O) groups excluding carboxylic acids is 1. The standard InChI is InChI=1S/C23H22O4/c1-25-23(24)21-10-5-6-11-22(21)27-17-7-16-26-20-14-12-19(13-15-20)18-8-3-2-4-9-18/h2-6,8-15H,7,16-17H2,1H3. The molecule has 0 aliphatic rings. The number of benzene rings is 3. The highest BCUT2D eigenvalue weighted by Gasteiger charge is 2.11. The molecular weight excluding hydrogens is 340 g/mol. The molecule has 0 bridgehead atoms. The SMILES string of the molecule is COC(=O)c1ccccc1OCCCOc1ccc(-c2ccccc2)cc1. The highest BCUT2D eigenvalue weighted by atomic mass is 16.5. The Morgan fingerprint density at radius 2 is 1.37 bits per heavy atom. The van der Waals surface area contributed by atoms with E-state index in [0.717, 1.165) is 11.3 Å². The van der Waals surface area contributed by atoms with Crippen LogP contribution in [0.3, 0.4) is 0 Å². The van der Waals surface area contributed by atoms with Gasteiger partial charge in [0.25, 0.3) is 0 Å². The smallest absolute Gasteiger partial charge is 0.341 e. The van der Waals surface area contributed by atoms with E-state index < -0.39 is 5.97 Å². The third kappa shape index (κ3) is 5.11. The number of para-hydroxylation sites is 1. The van der Waals surface area contributed by atoms with Crippen LogP contribution in [0.4, 0.5) is 0 Å². The molecule has 0 N–H and O–H groups in total. The Labute approximate surface area is 159 Å². The van der Waals surface area contributed by atoms with E-state index in [9.17, 15) is 4.79 Å². The van der Waals surface area contributed by atoms with Gasteiger partial charge < -0.3 is 14.2 Å². The summed E-state index contributed by atoms with van der Waals surface area (Å²) in [7, 11) is 1.36. The second kappa shape index (κ2) is 9.43. The van der Waals surface area contributed by atoms with Gasteiger partial charge in [-0.1, -0.05) is 54.6 Å². The van der Waals surface area contributed by atoms with Crippen molar-refractivity contribution in [2.75, 3.05) is 20.3 Å². The van der Waals surface area contributed by atoms with Gasteiger partial charge in [0.1, 0.15) is 17.1 Å². The second-order valence-electron chi connectivity index (χ2n) is 5.93. The first kappa shape index (κ1) is 18.5. The van der Waals surface area contributed by atoms with E-state index >= 15 is 0 Å². The quantitative estimate of drug-likeness (QED) is 0.418. The molecule has 3 aromatic carbocycles. The van der Waals surface area contributed by atoms with E-state index in [1.54, 1.807) is 18.2 Å². The number of hydrogen-bond donors (Lipinski definition) is 0. The molecule has 0 radical (unpaired) electrons. The minimum atomic E-state index is -0.402. The zero-order chi connectivity index (χ0) is 18.9. The topological polar surface area (TPSA) is 44.8 Å². The lowest BCUT2D eigenvalue weighted by Crippen LogP contribution is -2.09. The van der Waals surface area contributed by atoms with Gasteiger partial charge in [0.15, 0.2) is 0 Å². The van der Waals surface area contributed by atoms with Crippen molar-refractivity contribution >= 4 is 5.97 Å². The van der Waals surface area contributed by atoms with Gasteiger partial charge in [-0.05, 0) is 35.4 Å². The fourth-order valence-corrected chi connectivity index (χ4v) is 2.68. The highest BCUT2D eigenvalue weighted by molar-refractivity contribution is 5.92. The summed E-state index contributed by atoms with van der Waals surface area (Å²) in [4.78, 5) is 11.7. The molecule has 0 atom stereocenters. The van der Waals surface area contributed by atoms with Crippen molar-refractivity contribution in [3.63, 3.8) is 0 Å². The number of methoxy groups -OCH3 is 1. The summed E-state index contributed by atoms with van der Waals surface area (Å²) in [5.41, 5.74) is 2.77. The lowest BCUT2D eigenvalue weighted by atomic mass is 10.1. The summed E-state index contributed by atoms with van der Waals surface area (Å²) in [6, 6.07) is 25.3. The van der Waals surface area contributed by atoms with Gasteiger partial charge in [-0.3, -0.25) is 0 Å². The van der Waals surface area contributed by atoms with Crippen LogP contribution in [-0.2, 0) is 4.74 Å². The van der Waals surface area contributed by atoms with E-state index in [-0.39, 0.29) is 0 Å². The van der Waals surface area contributed by atoms with Gasteiger partial charge in [0.05, 0.1) is 20.3 Å². The monoisotopic (exact) mass is 362 g/mol. The maximum absolute atomic E-state index is 11.7. The van der Waals surface area contributed by atoms with E-state index in [1.165, 1.54) is 12.7 Å². The van der Waals surface area contributed by atoms with E-state index in [1.807, 2.05) is 48.5 Å². The number of hydrogen-bond acceptors (Lipinski definition) is 4. The molecule has 0 saturated carbocycles. The molecule has 3 rings (SSSR count). The zero-order valence-corrected chi connectivity index (χ0v) is 15.3. The minimum Gasteiger partial charge on any atom is -0.493 e. The summed E-state index contributed by atoms with van der Waals surface area (Å²) in [6.07, 6.45) is 0.704. The van der Waals surface area contributed by atoms with Crippen molar-refractivity contribution < 1.29 is 19.0 Å². The normalized spacial score (nSPS) is 10.3. The molecule has 0 heterocycles. The average molecular weight is 362 g/mol. The van der Waals surface area contributed by atoms with Gasteiger partial charge in [0.2, 0.25) is 0 Å². The molecule has 4 heteroatoms. The summed E-state index contributed by atoms with van der Waals surface area (Å²) in [5, 5.41) is 0. The Balaban J connectivity index is 1.45. The van der Waals surface area contributed by atoms with Crippen molar-refractivity contribution in [1.82, 2.24) is 0 Å². The first-order valence-electron chi connectivity index (χ1n) is 8.86. The first-order valence-corrected chi connectivity index (χ1v) is 8.86. The predicted molar refractivity (Wildman–Crippen MR) is 105 cm³/mol. The summed E-state index contributed by atoms with van der Waals surface area (Å²) >= 11 is 0. The van der Waals surface area contributed by atoms with E-state index in [2.05, 4.69) is 12.1 Å². The summed E-state index contributed by atoms with van der Waals surface area (Å²) < 4.78 is 16.2. The fraction of sp³-hybridized carbons (Fsp3) is 0.174. The number of ether oxygens (including phenoxy) is 3. The molecule has 0 amide bonds. The molecule has 0 saturated heterocycles. The van der Waals surface area contributed by atoms with Crippen LogP contribution in [0.2, 0.25) is 0 Å². The molecule has 138 valence electrons. The maximum Gasteiger partial charge on any atom is 0.341 e. The summed E-state index contributed by atoms with van der Waals surface area (Å²) in [6.45, 7) is 0.987. The molecule has 0 aliphatic heterocycles. The molecule has 4 nitrogen and oxygen atoms in total. The lowest BCUT2D eigenvalue weighted by molar-refractivity contribution is 0.0596. The average Bonchev–Trinajstić information content (AvgIpc) is 2.74. The van der Waals surface area contributed by atoms with Crippen molar-refractivity contribution in [3.05, 3.63) is 84.4 Å². The first-order chi connectivity index (χ1) is 13.3. The predicted octanol–water partition coefficient (Wildman–Crippen LogP) is 4.99. The summed E-state index contributed by atoms with van der Waals surface area (Å²) in [5.74, 6) is 0.946. The minimum absolute atomic E-state index is 0.402. The molecule has 27 heavy (non-hydrogen) atoms. The number of carbonyl (C=O) groups is 1. The second-order valence-corrected chi connectivity index (χ2v) is 5.93. The van der Waals surface area contributed by atoms with E-state index in [4.69, 9.17) is 14.2 Å². The molecular formula is C23H22O4. The van der Waals surface area contributed by atoms with Crippen molar-refractivity contribution in [2.24, 2.45) is 0 Å². The van der Waals surface area contributed by atoms with Crippen LogP contribution in [0.15, 0.2) is 78.9 Å². The van der Waals surface area contributed by atoms with Gasteiger partial charge >= 0.3 is 5.97 Å². The Hall–Kier alpha value is -3.27. The van der Waals surface area contributed by atoms with Crippen LogP contribution >= 0.6 is 0 Å². The van der Waals surface area contributed by atoms with Crippen LogP contribution in [-0.4, -0.2) is 26.3 Å². The Morgan fingerprint density at radius 3 is 2.11 bits per heavy atom. The Kier molecular flexibility index (Phi) is 6.47. The van der Waals surface area contributed by atoms with Crippen molar-refractivity contribution in [2.45, 2.75) is 6.42 Å². The molecule has 0 fully saturated rings. The van der Waals surface area contributed by atoms with Gasteiger partial charge in [-0.25, -0.2) is 4.79 Å². The third-order valence-electron chi connectivity index (χ3n) is 4.07. The molecule has 3 aromatic rings. The van der Waals surface area contributed by atoms with Crippen molar-refractivity contribution in [3.8, 4) is 22.6 Å².